The fourth-order valence-corrected chi connectivity index (χ4v) is 4.66. The first kappa shape index (κ1) is 9.94. The summed E-state index contributed by atoms with van der Waals surface area (Å²) in [6, 6.07) is 0. The number of hydrogen-bond acceptors (Lipinski definition) is 1. The lowest BCUT2D eigenvalue weighted by atomic mass is 9.87. The van der Waals surface area contributed by atoms with Crippen molar-refractivity contribution in [1.29, 1.82) is 0 Å². The molecule has 6 atom stereocenters. The number of epoxide rings is 1. The maximum atomic E-state index is 5.97. The van der Waals surface area contributed by atoms with E-state index in [9.17, 15) is 0 Å². The fourth-order valence-electron chi connectivity index (χ4n) is 4.66. The van der Waals surface area contributed by atoms with Crippen LogP contribution in [-0.4, -0.2) is 12.2 Å². The highest BCUT2D eigenvalue weighted by molar-refractivity contribution is 4.98. The second-order valence-electron chi connectivity index (χ2n) is 6.76. The molecule has 1 heteroatoms. The van der Waals surface area contributed by atoms with Gasteiger partial charge >= 0.3 is 0 Å². The van der Waals surface area contributed by atoms with Crippen molar-refractivity contribution >= 4 is 0 Å². The van der Waals surface area contributed by atoms with Gasteiger partial charge in [0.2, 0.25) is 0 Å². The van der Waals surface area contributed by atoms with Crippen LogP contribution in [0, 0.1) is 23.7 Å². The summed E-state index contributed by atoms with van der Waals surface area (Å²) in [5, 5.41) is 0. The Bertz CT molecular complexity index is 275. The molecular weight excluding hydrogens is 196 g/mol. The van der Waals surface area contributed by atoms with Gasteiger partial charge in [-0.25, -0.2) is 0 Å². The third-order valence-electron chi connectivity index (χ3n) is 5.80. The summed E-state index contributed by atoms with van der Waals surface area (Å²) >= 11 is 0. The van der Waals surface area contributed by atoms with Crippen LogP contribution in [0.5, 0.6) is 0 Å². The molecule has 3 aliphatic carbocycles. The summed E-state index contributed by atoms with van der Waals surface area (Å²) < 4.78 is 5.97. The molecule has 3 saturated carbocycles. The van der Waals surface area contributed by atoms with E-state index in [2.05, 4.69) is 0 Å². The Morgan fingerprint density at radius 2 is 1.44 bits per heavy atom. The van der Waals surface area contributed by atoms with Crippen LogP contribution in [0.1, 0.15) is 57.8 Å². The second kappa shape index (κ2) is 3.73. The maximum absolute atomic E-state index is 5.97. The third kappa shape index (κ3) is 1.72. The van der Waals surface area contributed by atoms with Crippen LogP contribution < -0.4 is 0 Å². The molecule has 0 bridgehead atoms. The van der Waals surface area contributed by atoms with E-state index in [1.165, 1.54) is 44.9 Å². The summed E-state index contributed by atoms with van der Waals surface area (Å²) in [5.74, 6) is 4.21. The number of rotatable bonds is 0. The number of fused-ring (bicyclic) bond motifs is 4. The van der Waals surface area contributed by atoms with Gasteiger partial charge in [0, 0.05) is 0 Å². The fraction of sp³-hybridized carbons (Fsp3) is 1.00. The SMILES string of the molecule is C1CC2CC2CCC2OC2C2CCCC2C1. The van der Waals surface area contributed by atoms with Crippen molar-refractivity contribution in [3.63, 3.8) is 0 Å². The summed E-state index contributed by atoms with van der Waals surface area (Å²) in [6.07, 6.45) is 14.8. The van der Waals surface area contributed by atoms with Crippen molar-refractivity contribution in [1.82, 2.24) is 0 Å². The first-order valence-electron chi connectivity index (χ1n) is 7.57. The Morgan fingerprint density at radius 1 is 0.688 bits per heavy atom. The molecule has 0 amide bonds. The molecule has 1 saturated heterocycles. The van der Waals surface area contributed by atoms with E-state index >= 15 is 0 Å². The van der Waals surface area contributed by atoms with Crippen LogP contribution in [0.3, 0.4) is 0 Å². The molecule has 4 rings (SSSR count). The minimum Gasteiger partial charge on any atom is -0.369 e. The molecular formula is C15H24O. The zero-order chi connectivity index (χ0) is 10.5. The molecule has 90 valence electrons. The number of hydrogen-bond donors (Lipinski definition) is 0. The van der Waals surface area contributed by atoms with Gasteiger partial charge in [-0.15, -0.1) is 0 Å². The molecule has 0 aromatic rings. The van der Waals surface area contributed by atoms with Crippen molar-refractivity contribution in [3.8, 4) is 0 Å². The van der Waals surface area contributed by atoms with E-state index in [0.717, 1.165) is 23.7 Å². The predicted molar refractivity (Wildman–Crippen MR) is 64.2 cm³/mol. The van der Waals surface area contributed by atoms with Gasteiger partial charge in [0.15, 0.2) is 0 Å². The second-order valence-corrected chi connectivity index (χ2v) is 6.76. The zero-order valence-corrected chi connectivity index (χ0v) is 10.2. The molecule has 16 heavy (non-hydrogen) atoms. The van der Waals surface area contributed by atoms with Crippen LogP contribution in [0.15, 0.2) is 0 Å². The van der Waals surface area contributed by atoms with Gasteiger partial charge in [0.1, 0.15) is 0 Å². The molecule has 6 unspecified atom stereocenters. The van der Waals surface area contributed by atoms with E-state index in [1.54, 1.807) is 12.8 Å². The summed E-state index contributed by atoms with van der Waals surface area (Å²) in [6.45, 7) is 0. The number of ether oxygens (including phenoxy) is 1. The summed E-state index contributed by atoms with van der Waals surface area (Å²) in [4.78, 5) is 0. The first-order valence-corrected chi connectivity index (χ1v) is 7.57. The van der Waals surface area contributed by atoms with Crippen molar-refractivity contribution in [3.05, 3.63) is 0 Å². The molecule has 4 fully saturated rings. The van der Waals surface area contributed by atoms with Crippen LogP contribution >= 0.6 is 0 Å². The Kier molecular flexibility index (Phi) is 2.32. The normalized spacial score (nSPS) is 55.5. The van der Waals surface area contributed by atoms with E-state index in [-0.39, 0.29) is 0 Å². The Labute approximate surface area is 98.9 Å². The van der Waals surface area contributed by atoms with Crippen molar-refractivity contribution in [2.45, 2.75) is 70.0 Å². The largest absolute Gasteiger partial charge is 0.369 e. The minimum atomic E-state index is 0.685. The summed E-state index contributed by atoms with van der Waals surface area (Å²) in [7, 11) is 0. The zero-order valence-electron chi connectivity index (χ0n) is 10.2. The predicted octanol–water partition coefficient (Wildman–Crippen LogP) is 3.77. The van der Waals surface area contributed by atoms with Gasteiger partial charge in [-0.1, -0.05) is 32.1 Å². The summed E-state index contributed by atoms with van der Waals surface area (Å²) in [5.41, 5.74) is 0. The average Bonchev–Trinajstić information content (AvgIpc) is 3.15. The third-order valence-corrected chi connectivity index (χ3v) is 5.80. The quantitative estimate of drug-likeness (QED) is 0.566. The molecule has 0 radical (unpaired) electrons. The van der Waals surface area contributed by atoms with Crippen molar-refractivity contribution < 1.29 is 4.74 Å². The highest BCUT2D eigenvalue weighted by Crippen LogP contribution is 2.51. The van der Waals surface area contributed by atoms with E-state index in [1.807, 2.05) is 0 Å². The van der Waals surface area contributed by atoms with Gasteiger partial charge in [0.25, 0.3) is 0 Å². The molecule has 1 aliphatic heterocycles. The lowest BCUT2D eigenvalue weighted by Crippen LogP contribution is -2.16. The lowest BCUT2D eigenvalue weighted by Gasteiger charge is -2.17. The standard InChI is InChI=1S/C15H24O/c1-3-10-4-2-6-13(10)15-14(16-15)8-7-12-9-11(12)5-1/h10-15H,1-9H2. The molecule has 0 spiro atoms. The lowest BCUT2D eigenvalue weighted by molar-refractivity contribution is 0.256. The first-order chi connectivity index (χ1) is 7.92. The molecule has 0 N–H and O–H groups in total. The Balaban J connectivity index is 1.45. The monoisotopic (exact) mass is 220 g/mol. The highest BCUT2D eigenvalue weighted by atomic mass is 16.6. The smallest absolute Gasteiger partial charge is 0.0872 e. The van der Waals surface area contributed by atoms with Gasteiger partial charge in [-0.2, -0.15) is 0 Å². The van der Waals surface area contributed by atoms with Gasteiger partial charge in [0.05, 0.1) is 12.2 Å². The molecule has 0 aromatic carbocycles. The van der Waals surface area contributed by atoms with Gasteiger partial charge < -0.3 is 4.74 Å². The van der Waals surface area contributed by atoms with Gasteiger partial charge in [-0.05, 0) is 49.4 Å². The maximum Gasteiger partial charge on any atom is 0.0872 e. The topological polar surface area (TPSA) is 12.5 Å². The van der Waals surface area contributed by atoms with Crippen LogP contribution in [0.25, 0.3) is 0 Å². The Hall–Kier alpha value is -0.0400. The van der Waals surface area contributed by atoms with E-state index < -0.39 is 0 Å². The van der Waals surface area contributed by atoms with Crippen molar-refractivity contribution in [2.24, 2.45) is 23.7 Å². The molecule has 1 heterocycles. The van der Waals surface area contributed by atoms with E-state index in [4.69, 9.17) is 4.74 Å². The molecule has 4 aliphatic rings. The highest BCUT2D eigenvalue weighted by Gasteiger charge is 2.50. The Morgan fingerprint density at radius 3 is 2.38 bits per heavy atom. The molecule has 0 aromatic heterocycles. The van der Waals surface area contributed by atoms with Crippen LogP contribution in [0.4, 0.5) is 0 Å². The average molecular weight is 220 g/mol. The minimum absolute atomic E-state index is 0.685. The van der Waals surface area contributed by atoms with Gasteiger partial charge in [-0.3, -0.25) is 0 Å². The van der Waals surface area contributed by atoms with Crippen molar-refractivity contribution in [2.75, 3.05) is 0 Å². The molecule has 1 nitrogen and oxygen atoms in total. The van der Waals surface area contributed by atoms with E-state index in [0.29, 0.717) is 12.2 Å². The van der Waals surface area contributed by atoms with Crippen LogP contribution in [0.2, 0.25) is 0 Å². The van der Waals surface area contributed by atoms with Crippen LogP contribution in [-0.2, 0) is 4.74 Å².